The average Bonchev–Trinajstić information content (AvgIpc) is 2.36. The molecule has 0 saturated carbocycles. The molecule has 1 unspecified atom stereocenters. The summed E-state index contributed by atoms with van der Waals surface area (Å²) in [5.41, 5.74) is -0.347. The van der Waals surface area contributed by atoms with Gasteiger partial charge in [0.05, 0.1) is 11.9 Å². The second-order valence-electron chi connectivity index (χ2n) is 5.63. The van der Waals surface area contributed by atoms with E-state index in [9.17, 15) is 10.2 Å². The van der Waals surface area contributed by atoms with Crippen LogP contribution in [0, 0.1) is 10.8 Å². The van der Waals surface area contributed by atoms with Crippen LogP contribution in [0.3, 0.4) is 0 Å². The van der Waals surface area contributed by atoms with Crippen LogP contribution in [0.4, 0.5) is 0 Å². The van der Waals surface area contributed by atoms with E-state index < -0.39 is 6.10 Å². The van der Waals surface area contributed by atoms with Crippen molar-refractivity contribution in [2.75, 3.05) is 0 Å². The molecule has 0 radical (unpaired) electrons. The van der Waals surface area contributed by atoms with E-state index in [0.29, 0.717) is 5.76 Å². The van der Waals surface area contributed by atoms with Crippen LogP contribution in [0.1, 0.15) is 67.2 Å². The molecule has 0 aliphatic carbocycles. The Labute approximate surface area is 107 Å². The normalized spacial score (nSPS) is 16.1. The molecule has 0 aliphatic rings. The van der Waals surface area contributed by atoms with Crippen LogP contribution >= 0.6 is 0 Å². The van der Waals surface area contributed by atoms with Gasteiger partial charge in [-0.1, -0.05) is 41.5 Å². The van der Waals surface area contributed by atoms with E-state index in [1.807, 2.05) is 6.92 Å². The predicted octanol–water partition coefficient (Wildman–Crippen LogP) is 4.44. The molecule has 102 valence electrons. The topological polar surface area (TPSA) is 40.5 Å². The summed E-state index contributed by atoms with van der Waals surface area (Å²) < 4.78 is 0. The molecule has 2 heteroatoms. The van der Waals surface area contributed by atoms with E-state index in [4.69, 9.17) is 0 Å². The van der Waals surface area contributed by atoms with Gasteiger partial charge in [-0.25, -0.2) is 0 Å². The summed E-state index contributed by atoms with van der Waals surface area (Å²) in [5.74, 6) is 0.336. The zero-order valence-corrected chi connectivity index (χ0v) is 12.4. The predicted molar refractivity (Wildman–Crippen MR) is 74.1 cm³/mol. The second kappa shape index (κ2) is 6.44. The standard InChI is InChI=1S/C15H30O2/c1-7-14(5,8-2)12(16)11-13(17)15(6,9-3)10-4/h11-12,16-17H,7-10H2,1-6H3/b13-11-. The molecule has 0 saturated heterocycles. The zero-order chi connectivity index (χ0) is 13.7. The van der Waals surface area contributed by atoms with Crippen molar-refractivity contribution in [3.05, 3.63) is 11.8 Å². The van der Waals surface area contributed by atoms with Crippen molar-refractivity contribution in [2.45, 2.75) is 73.3 Å². The fraction of sp³-hybridized carbons (Fsp3) is 0.867. The Morgan fingerprint density at radius 2 is 1.41 bits per heavy atom. The summed E-state index contributed by atoms with van der Waals surface area (Å²) in [6.45, 7) is 12.4. The monoisotopic (exact) mass is 242 g/mol. The van der Waals surface area contributed by atoms with Gasteiger partial charge >= 0.3 is 0 Å². The van der Waals surface area contributed by atoms with E-state index in [0.717, 1.165) is 25.7 Å². The van der Waals surface area contributed by atoms with Gasteiger partial charge in [0, 0.05) is 5.41 Å². The fourth-order valence-electron chi connectivity index (χ4n) is 1.83. The van der Waals surface area contributed by atoms with Crippen molar-refractivity contribution in [3.63, 3.8) is 0 Å². The van der Waals surface area contributed by atoms with Gasteiger partial charge in [0.15, 0.2) is 0 Å². The van der Waals surface area contributed by atoms with Crippen LogP contribution in [-0.4, -0.2) is 16.3 Å². The lowest BCUT2D eigenvalue weighted by atomic mass is 9.76. The van der Waals surface area contributed by atoms with Crippen molar-refractivity contribution in [2.24, 2.45) is 10.8 Å². The summed E-state index contributed by atoms with van der Waals surface area (Å²) >= 11 is 0. The molecule has 0 fully saturated rings. The third-order valence-corrected chi connectivity index (χ3v) is 4.82. The van der Waals surface area contributed by atoms with Crippen LogP contribution in [0.15, 0.2) is 11.8 Å². The highest BCUT2D eigenvalue weighted by atomic mass is 16.3. The first kappa shape index (κ1) is 16.5. The number of hydrogen-bond acceptors (Lipinski definition) is 2. The van der Waals surface area contributed by atoms with Gasteiger partial charge in [-0.05, 0) is 37.2 Å². The van der Waals surface area contributed by atoms with Crippen molar-refractivity contribution in [3.8, 4) is 0 Å². The van der Waals surface area contributed by atoms with Crippen LogP contribution in [0.2, 0.25) is 0 Å². The van der Waals surface area contributed by atoms with Crippen LogP contribution in [-0.2, 0) is 0 Å². The van der Waals surface area contributed by atoms with E-state index in [1.165, 1.54) is 0 Å². The number of aliphatic hydroxyl groups excluding tert-OH is 2. The molecule has 2 N–H and O–H groups in total. The largest absolute Gasteiger partial charge is 0.512 e. The number of aliphatic hydroxyl groups is 2. The van der Waals surface area contributed by atoms with Crippen LogP contribution < -0.4 is 0 Å². The Hall–Kier alpha value is -0.500. The first-order chi connectivity index (χ1) is 7.79. The third kappa shape index (κ3) is 3.74. The van der Waals surface area contributed by atoms with Gasteiger partial charge in [0.25, 0.3) is 0 Å². The van der Waals surface area contributed by atoms with Crippen LogP contribution in [0.5, 0.6) is 0 Å². The number of allylic oxidation sites excluding steroid dienone is 1. The molecule has 0 spiro atoms. The maximum atomic E-state index is 10.3. The van der Waals surface area contributed by atoms with E-state index in [-0.39, 0.29) is 10.8 Å². The smallest absolute Gasteiger partial charge is 0.0967 e. The Balaban J connectivity index is 5.02. The minimum atomic E-state index is -0.574. The summed E-state index contributed by atoms with van der Waals surface area (Å²) in [6.07, 6.45) is 4.66. The molecule has 0 heterocycles. The molecule has 1 atom stereocenters. The lowest BCUT2D eigenvalue weighted by molar-refractivity contribution is 0.0629. The molecule has 17 heavy (non-hydrogen) atoms. The Morgan fingerprint density at radius 3 is 1.71 bits per heavy atom. The van der Waals surface area contributed by atoms with Crippen molar-refractivity contribution in [1.82, 2.24) is 0 Å². The van der Waals surface area contributed by atoms with E-state index >= 15 is 0 Å². The summed E-state index contributed by atoms with van der Waals surface area (Å²) in [4.78, 5) is 0. The first-order valence-electron chi connectivity index (χ1n) is 6.89. The average molecular weight is 242 g/mol. The third-order valence-electron chi connectivity index (χ3n) is 4.82. The van der Waals surface area contributed by atoms with Gasteiger partial charge in [0.1, 0.15) is 0 Å². The second-order valence-corrected chi connectivity index (χ2v) is 5.63. The quantitative estimate of drug-likeness (QED) is 0.648. The summed E-state index contributed by atoms with van der Waals surface area (Å²) in [5, 5.41) is 20.5. The molecule has 0 aromatic rings. The van der Waals surface area contributed by atoms with Gasteiger partial charge in [0.2, 0.25) is 0 Å². The van der Waals surface area contributed by atoms with Gasteiger partial charge in [-0.3, -0.25) is 0 Å². The SMILES string of the molecule is CCC(C)(CC)/C(O)=C/C(O)C(C)(CC)CC. The molecule has 0 rings (SSSR count). The molecule has 0 aromatic carbocycles. The van der Waals surface area contributed by atoms with Crippen molar-refractivity contribution < 1.29 is 10.2 Å². The maximum Gasteiger partial charge on any atom is 0.0967 e. The number of hydrogen-bond donors (Lipinski definition) is 2. The first-order valence-corrected chi connectivity index (χ1v) is 6.89. The highest BCUT2D eigenvalue weighted by Crippen LogP contribution is 2.36. The lowest BCUT2D eigenvalue weighted by Gasteiger charge is -2.33. The van der Waals surface area contributed by atoms with Crippen LogP contribution in [0.25, 0.3) is 0 Å². The minimum Gasteiger partial charge on any atom is -0.512 e. The molecular formula is C15H30O2. The molecule has 0 aliphatic heterocycles. The van der Waals surface area contributed by atoms with E-state index in [1.54, 1.807) is 6.08 Å². The Bertz CT molecular complexity index is 248. The summed E-state index contributed by atoms with van der Waals surface area (Å²) in [6, 6.07) is 0. The van der Waals surface area contributed by atoms with E-state index in [2.05, 4.69) is 34.6 Å². The maximum absolute atomic E-state index is 10.3. The minimum absolute atomic E-state index is 0.142. The van der Waals surface area contributed by atoms with Gasteiger partial charge < -0.3 is 10.2 Å². The molecule has 0 amide bonds. The Morgan fingerprint density at radius 1 is 1.00 bits per heavy atom. The Kier molecular flexibility index (Phi) is 6.25. The molecule has 0 aromatic heterocycles. The molecule has 2 nitrogen and oxygen atoms in total. The molecule has 0 bridgehead atoms. The number of rotatable bonds is 7. The fourth-order valence-corrected chi connectivity index (χ4v) is 1.83. The van der Waals surface area contributed by atoms with Crippen molar-refractivity contribution in [1.29, 1.82) is 0 Å². The lowest BCUT2D eigenvalue weighted by Crippen LogP contribution is -2.31. The van der Waals surface area contributed by atoms with Gasteiger partial charge in [-0.15, -0.1) is 0 Å². The van der Waals surface area contributed by atoms with Crippen molar-refractivity contribution >= 4 is 0 Å². The van der Waals surface area contributed by atoms with Gasteiger partial charge in [-0.2, -0.15) is 0 Å². The molecular weight excluding hydrogens is 212 g/mol. The zero-order valence-electron chi connectivity index (χ0n) is 12.4. The summed E-state index contributed by atoms with van der Waals surface area (Å²) in [7, 11) is 0. The highest BCUT2D eigenvalue weighted by Gasteiger charge is 2.31. The highest BCUT2D eigenvalue weighted by molar-refractivity contribution is 5.09.